The van der Waals surface area contributed by atoms with E-state index in [2.05, 4.69) is 27.8 Å². The Kier molecular flexibility index (Phi) is 7.62. The fourth-order valence-electron chi connectivity index (χ4n) is 1.98. The number of nitrogens with one attached hydrogen (secondary N) is 2. The fraction of sp³-hybridized carbons (Fsp3) is 0.500. The van der Waals surface area contributed by atoms with E-state index in [0.29, 0.717) is 0 Å². The molecule has 0 unspecified atom stereocenters. The van der Waals surface area contributed by atoms with Gasteiger partial charge in [0.15, 0.2) is 5.96 Å². The fourth-order valence-corrected chi connectivity index (χ4v) is 1.98. The summed E-state index contributed by atoms with van der Waals surface area (Å²) in [5.41, 5.74) is 1.31. The smallest absolute Gasteiger partial charge is 0.191 e. The molecule has 0 aromatic heterocycles. The maximum Gasteiger partial charge on any atom is 0.191 e. The Bertz CT molecular complexity index is 409. The third kappa shape index (κ3) is 5.67. The molecule has 0 bridgehead atoms. The number of guanidine groups is 1. The number of benzene rings is 1. The number of halogens is 1. The van der Waals surface area contributed by atoms with Gasteiger partial charge in [0, 0.05) is 19.6 Å². The van der Waals surface area contributed by atoms with Crippen LogP contribution < -0.4 is 15.4 Å². The summed E-state index contributed by atoms with van der Waals surface area (Å²) in [6.45, 7) is 2.91. The van der Waals surface area contributed by atoms with Crippen molar-refractivity contribution in [2.45, 2.75) is 19.3 Å². The van der Waals surface area contributed by atoms with Crippen molar-refractivity contribution in [1.29, 1.82) is 0 Å². The van der Waals surface area contributed by atoms with Crippen LogP contribution in [-0.4, -0.2) is 32.7 Å². The Morgan fingerprint density at radius 1 is 1.42 bits per heavy atom. The summed E-state index contributed by atoms with van der Waals surface area (Å²) in [5, 5.41) is 6.58. The Balaban J connectivity index is 0.00000180. The highest BCUT2D eigenvalue weighted by Crippen LogP contribution is 2.13. The summed E-state index contributed by atoms with van der Waals surface area (Å²) in [6.07, 6.45) is 3.28. The molecule has 0 amide bonds. The number of hydrogen-bond acceptors (Lipinski definition) is 4. The van der Waals surface area contributed by atoms with Gasteiger partial charge in [-0.2, -0.15) is 0 Å². The van der Waals surface area contributed by atoms with Gasteiger partial charge >= 0.3 is 0 Å². The van der Waals surface area contributed by atoms with Crippen LogP contribution in [0, 0.1) is 0 Å². The highest BCUT2D eigenvalue weighted by atomic mass is 127. The second-order valence-corrected chi connectivity index (χ2v) is 4.39. The predicted octanol–water partition coefficient (Wildman–Crippen LogP) is 2.18. The van der Waals surface area contributed by atoms with Crippen LogP contribution in [0.1, 0.15) is 18.4 Å². The zero-order valence-electron chi connectivity index (χ0n) is 11.3. The highest BCUT2D eigenvalue weighted by Gasteiger charge is 2.02. The maximum absolute atomic E-state index is 5.21. The lowest BCUT2D eigenvalue weighted by molar-refractivity contribution is 0.414. The molecule has 0 saturated carbocycles. The van der Waals surface area contributed by atoms with Gasteiger partial charge < -0.3 is 15.4 Å². The van der Waals surface area contributed by atoms with Gasteiger partial charge in [-0.15, -0.1) is 24.0 Å². The molecule has 106 valence electrons. The van der Waals surface area contributed by atoms with E-state index in [4.69, 9.17) is 4.74 Å². The zero-order valence-corrected chi connectivity index (χ0v) is 13.6. The van der Waals surface area contributed by atoms with Crippen molar-refractivity contribution in [2.75, 3.05) is 26.7 Å². The molecule has 1 aromatic rings. The van der Waals surface area contributed by atoms with Crippen molar-refractivity contribution in [3.8, 4) is 5.75 Å². The summed E-state index contributed by atoms with van der Waals surface area (Å²) in [6, 6.07) is 8.24. The van der Waals surface area contributed by atoms with E-state index in [9.17, 15) is 0 Å². The lowest BCUT2D eigenvalue weighted by atomic mass is 10.1. The summed E-state index contributed by atoms with van der Waals surface area (Å²) in [7, 11) is 1.70. The summed E-state index contributed by atoms with van der Waals surface area (Å²) in [4.78, 5) is 4.38. The first-order valence-electron chi connectivity index (χ1n) is 6.53. The van der Waals surface area contributed by atoms with Crippen LogP contribution in [0.3, 0.4) is 0 Å². The lowest BCUT2D eigenvalue weighted by Gasteiger charge is -2.15. The quantitative estimate of drug-likeness (QED) is 0.613. The molecular weight excluding hydrogens is 353 g/mol. The average Bonchev–Trinajstić information content (AvgIpc) is 2.45. The SMILES string of the molecule is COc1cccc(CCCNC2=NCCCN2)c1.I. The number of rotatable bonds is 5. The normalized spacial score (nSPS) is 13.8. The van der Waals surface area contributed by atoms with Gasteiger partial charge in [0.2, 0.25) is 0 Å². The van der Waals surface area contributed by atoms with E-state index in [1.165, 1.54) is 5.56 Å². The van der Waals surface area contributed by atoms with Crippen molar-refractivity contribution < 1.29 is 4.74 Å². The maximum atomic E-state index is 5.21. The molecule has 1 aliphatic rings. The molecule has 1 aliphatic heterocycles. The Morgan fingerprint density at radius 2 is 2.32 bits per heavy atom. The van der Waals surface area contributed by atoms with Gasteiger partial charge in [0.1, 0.15) is 5.75 Å². The van der Waals surface area contributed by atoms with Crippen LogP contribution >= 0.6 is 24.0 Å². The van der Waals surface area contributed by atoms with Gasteiger partial charge in [0.05, 0.1) is 7.11 Å². The molecule has 0 aliphatic carbocycles. The molecule has 0 fully saturated rings. The zero-order chi connectivity index (χ0) is 12.6. The standard InChI is InChI=1S/C14H21N3O.HI/c1-18-13-7-2-5-12(11-13)6-3-8-15-14-16-9-4-10-17-14;/h2,5,7,11H,3-4,6,8-10H2,1H3,(H2,15,16,17);1H. The van der Waals surface area contributed by atoms with E-state index < -0.39 is 0 Å². The third-order valence-corrected chi connectivity index (χ3v) is 2.97. The molecule has 4 nitrogen and oxygen atoms in total. The van der Waals surface area contributed by atoms with Gasteiger partial charge in [-0.3, -0.25) is 4.99 Å². The van der Waals surface area contributed by atoms with Crippen molar-refractivity contribution in [2.24, 2.45) is 4.99 Å². The third-order valence-electron chi connectivity index (χ3n) is 2.97. The molecule has 19 heavy (non-hydrogen) atoms. The van der Waals surface area contributed by atoms with E-state index in [-0.39, 0.29) is 24.0 Å². The minimum Gasteiger partial charge on any atom is -0.497 e. The molecule has 0 spiro atoms. The topological polar surface area (TPSA) is 45.6 Å². The molecule has 1 aromatic carbocycles. The van der Waals surface area contributed by atoms with Gasteiger partial charge in [0.25, 0.3) is 0 Å². The van der Waals surface area contributed by atoms with Gasteiger partial charge in [-0.1, -0.05) is 12.1 Å². The molecule has 2 rings (SSSR count). The van der Waals surface area contributed by atoms with Crippen LogP contribution in [0.4, 0.5) is 0 Å². The van der Waals surface area contributed by atoms with Crippen LogP contribution in [0.25, 0.3) is 0 Å². The van der Waals surface area contributed by atoms with Crippen LogP contribution in [0.5, 0.6) is 5.75 Å². The first kappa shape index (κ1) is 16.1. The van der Waals surface area contributed by atoms with Crippen LogP contribution in [0.2, 0.25) is 0 Å². The van der Waals surface area contributed by atoms with E-state index in [1.54, 1.807) is 7.11 Å². The first-order valence-corrected chi connectivity index (χ1v) is 6.53. The Labute approximate surface area is 132 Å². The minimum atomic E-state index is 0. The number of aryl methyl sites for hydroxylation is 1. The van der Waals surface area contributed by atoms with E-state index in [0.717, 1.165) is 50.6 Å². The van der Waals surface area contributed by atoms with Crippen molar-refractivity contribution in [3.63, 3.8) is 0 Å². The van der Waals surface area contributed by atoms with Crippen LogP contribution in [0.15, 0.2) is 29.3 Å². The van der Waals surface area contributed by atoms with Gasteiger partial charge in [-0.05, 0) is 37.0 Å². The summed E-state index contributed by atoms with van der Waals surface area (Å²) < 4.78 is 5.21. The molecule has 2 N–H and O–H groups in total. The van der Waals surface area contributed by atoms with Crippen molar-refractivity contribution in [1.82, 2.24) is 10.6 Å². The van der Waals surface area contributed by atoms with Gasteiger partial charge in [-0.25, -0.2) is 0 Å². The number of hydrogen-bond donors (Lipinski definition) is 2. The monoisotopic (exact) mass is 375 g/mol. The molecule has 5 heteroatoms. The molecule has 0 radical (unpaired) electrons. The average molecular weight is 375 g/mol. The van der Waals surface area contributed by atoms with Crippen LogP contribution in [-0.2, 0) is 6.42 Å². The number of nitrogens with zero attached hydrogens (tertiary/aromatic N) is 1. The van der Waals surface area contributed by atoms with E-state index >= 15 is 0 Å². The second kappa shape index (κ2) is 9.01. The molecular formula is C14H22IN3O. The second-order valence-electron chi connectivity index (χ2n) is 4.39. The summed E-state index contributed by atoms with van der Waals surface area (Å²) >= 11 is 0. The minimum absolute atomic E-state index is 0. The number of methoxy groups -OCH3 is 1. The highest BCUT2D eigenvalue weighted by molar-refractivity contribution is 14.0. The largest absolute Gasteiger partial charge is 0.497 e. The van der Waals surface area contributed by atoms with Crippen molar-refractivity contribution >= 4 is 29.9 Å². The Morgan fingerprint density at radius 3 is 3.05 bits per heavy atom. The predicted molar refractivity (Wildman–Crippen MR) is 89.7 cm³/mol. The Hall–Kier alpha value is -0.980. The molecule has 0 saturated heterocycles. The molecule has 1 heterocycles. The first-order chi connectivity index (χ1) is 8.88. The number of aliphatic imine (C=N–C) groups is 1. The van der Waals surface area contributed by atoms with E-state index in [1.807, 2.05) is 12.1 Å². The molecule has 0 atom stereocenters. The van der Waals surface area contributed by atoms with Crippen molar-refractivity contribution in [3.05, 3.63) is 29.8 Å². The number of ether oxygens (including phenoxy) is 1. The lowest BCUT2D eigenvalue weighted by Crippen LogP contribution is -2.41. The summed E-state index contributed by atoms with van der Waals surface area (Å²) in [5.74, 6) is 1.88.